The number of anilines is 1. The number of halogens is 3. The van der Waals surface area contributed by atoms with Crippen LogP contribution in [0, 0.1) is 5.92 Å². The van der Waals surface area contributed by atoms with Crippen molar-refractivity contribution in [2.45, 2.75) is 56.5 Å². The van der Waals surface area contributed by atoms with Gasteiger partial charge in [0.25, 0.3) is 5.91 Å². The van der Waals surface area contributed by atoms with Crippen molar-refractivity contribution in [2.24, 2.45) is 20.0 Å². The van der Waals surface area contributed by atoms with Crippen LogP contribution in [0.3, 0.4) is 0 Å². The molecule has 1 amide bonds. The normalized spacial score (nSPS) is 23.2. The minimum absolute atomic E-state index is 0.0429. The van der Waals surface area contributed by atoms with Gasteiger partial charge in [0, 0.05) is 39.0 Å². The number of ether oxygens (including phenoxy) is 1. The van der Waals surface area contributed by atoms with Crippen LogP contribution in [-0.4, -0.2) is 40.2 Å². The molecule has 2 heterocycles. The zero-order valence-corrected chi connectivity index (χ0v) is 21.8. The van der Waals surface area contributed by atoms with Gasteiger partial charge in [-0.3, -0.25) is 9.48 Å². The van der Waals surface area contributed by atoms with Gasteiger partial charge >= 0.3 is 6.18 Å². The van der Waals surface area contributed by atoms with Gasteiger partial charge in [0.15, 0.2) is 5.82 Å². The van der Waals surface area contributed by atoms with Gasteiger partial charge in [0.1, 0.15) is 0 Å². The Morgan fingerprint density at radius 3 is 2.55 bits per heavy atom. The summed E-state index contributed by atoms with van der Waals surface area (Å²) in [4.78, 5) is 16.8. The lowest BCUT2D eigenvalue weighted by Crippen LogP contribution is -2.51. The molecule has 0 saturated heterocycles. The molecule has 1 N–H and O–H groups in total. The maximum Gasteiger partial charge on any atom is 0.416 e. The first-order chi connectivity index (χ1) is 18.1. The van der Waals surface area contributed by atoms with Gasteiger partial charge in [-0.05, 0) is 79.1 Å². The number of nitrogens with zero attached hydrogens (tertiary/aromatic N) is 4. The molecule has 10 heteroatoms. The first-order valence-corrected chi connectivity index (χ1v) is 13.1. The van der Waals surface area contributed by atoms with Crippen molar-refractivity contribution in [3.05, 3.63) is 70.0 Å². The molecule has 0 spiro atoms. The highest BCUT2D eigenvalue weighted by Gasteiger charge is 2.51. The molecule has 1 aromatic heterocycles. The SMILES string of the molecule is COC1CC(c2cccc(N3Cc4c(cc(CNCC5CC5)cc4C(F)(F)F)C3=O)c2)(c2nn(C)n2C)C1. The van der Waals surface area contributed by atoms with Gasteiger partial charge in [-0.2, -0.15) is 13.2 Å². The van der Waals surface area contributed by atoms with Gasteiger partial charge in [0.05, 0.1) is 23.6 Å². The van der Waals surface area contributed by atoms with Gasteiger partial charge in [-0.15, -0.1) is 5.10 Å². The average molecular weight is 528 g/mol. The number of alkyl halides is 3. The van der Waals surface area contributed by atoms with E-state index in [0.29, 0.717) is 23.7 Å². The summed E-state index contributed by atoms with van der Waals surface area (Å²) in [6.07, 6.45) is -0.643. The van der Waals surface area contributed by atoms with Crippen LogP contribution in [0.25, 0.3) is 0 Å². The fourth-order valence-electron chi connectivity index (χ4n) is 5.95. The summed E-state index contributed by atoms with van der Waals surface area (Å²) >= 11 is 0. The zero-order chi connectivity index (χ0) is 26.8. The van der Waals surface area contributed by atoms with E-state index in [-0.39, 0.29) is 29.2 Å². The molecule has 38 heavy (non-hydrogen) atoms. The molecule has 202 valence electrons. The maximum atomic E-state index is 14.1. The number of aromatic nitrogens is 3. The van der Waals surface area contributed by atoms with Gasteiger partial charge in [-0.25, -0.2) is 4.80 Å². The molecule has 6 rings (SSSR count). The predicted octanol–water partition coefficient (Wildman–Crippen LogP) is 4.53. The summed E-state index contributed by atoms with van der Waals surface area (Å²) in [7, 11) is 5.51. The van der Waals surface area contributed by atoms with E-state index in [0.717, 1.165) is 43.6 Å². The highest BCUT2D eigenvalue weighted by atomic mass is 19.4. The van der Waals surface area contributed by atoms with Crippen molar-refractivity contribution in [2.75, 3.05) is 18.6 Å². The summed E-state index contributed by atoms with van der Waals surface area (Å²) in [5.41, 5.74) is 1.13. The molecule has 2 aliphatic carbocycles. The molecule has 1 aliphatic heterocycles. The van der Waals surface area contributed by atoms with E-state index in [9.17, 15) is 18.0 Å². The Labute approximate surface area is 219 Å². The molecule has 0 radical (unpaired) electrons. The first kappa shape index (κ1) is 25.2. The summed E-state index contributed by atoms with van der Waals surface area (Å²) in [5.74, 6) is 1.13. The third-order valence-corrected chi connectivity index (χ3v) is 8.47. The summed E-state index contributed by atoms with van der Waals surface area (Å²) in [6.45, 7) is 0.982. The maximum absolute atomic E-state index is 14.1. The van der Waals surface area contributed by atoms with Crippen molar-refractivity contribution in [1.29, 1.82) is 0 Å². The molecule has 2 aromatic carbocycles. The summed E-state index contributed by atoms with van der Waals surface area (Å²) < 4.78 is 49.9. The second-order valence-electron chi connectivity index (χ2n) is 11.0. The lowest BCUT2D eigenvalue weighted by Gasteiger charge is -2.48. The Bertz CT molecular complexity index is 1380. The molecule has 3 aliphatic rings. The van der Waals surface area contributed by atoms with Crippen molar-refractivity contribution in [3.8, 4) is 0 Å². The van der Waals surface area contributed by atoms with Gasteiger partial charge < -0.3 is 15.0 Å². The third-order valence-electron chi connectivity index (χ3n) is 8.47. The number of benzene rings is 2. The third kappa shape index (κ3) is 4.14. The van der Waals surface area contributed by atoms with Gasteiger partial charge in [-0.1, -0.05) is 12.1 Å². The fourth-order valence-corrected chi connectivity index (χ4v) is 5.95. The second-order valence-corrected chi connectivity index (χ2v) is 11.0. The Balaban J connectivity index is 1.32. The van der Waals surface area contributed by atoms with Crippen LogP contribution in [0.5, 0.6) is 0 Å². The summed E-state index contributed by atoms with van der Waals surface area (Å²) in [6, 6.07) is 10.4. The Morgan fingerprint density at radius 1 is 1.16 bits per heavy atom. The number of nitrogens with one attached hydrogen (secondary N) is 1. The number of fused-ring (bicyclic) bond motifs is 1. The Kier molecular flexibility index (Phi) is 5.95. The number of carbonyl (C=O) groups is 1. The van der Waals surface area contributed by atoms with E-state index in [2.05, 4.69) is 10.4 Å². The molecule has 2 fully saturated rings. The smallest absolute Gasteiger partial charge is 0.381 e. The number of rotatable bonds is 8. The minimum Gasteiger partial charge on any atom is -0.381 e. The lowest BCUT2D eigenvalue weighted by molar-refractivity contribution is -0.138. The number of aryl methyl sites for hydroxylation is 1. The number of amides is 1. The topological polar surface area (TPSA) is 64.3 Å². The number of carbonyl (C=O) groups excluding carboxylic acids is 1. The van der Waals surface area contributed by atoms with Crippen LogP contribution in [0.15, 0.2) is 36.4 Å². The summed E-state index contributed by atoms with van der Waals surface area (Å²) in [5, 5.41) is 7.86. The fraction of sp³-hybridized carbons (Fsp3) is 0.500. The van der Waals surface area contributed by atoms with Crippen LogP contribution in [0.1, 0.15) is 64.1 Å². The van der Waals surface area contributed by atoms with Crippen LogP contribution in [0.2, 0.25) is 0 Å². The lowest BCUT2D eigenvalue weighted by atomic mass is 9.61. The monoisotopic (exact) mass is 527 g/mol. The molecular formula is C28H32F3N5O2. The van der Waals surface area contributed by atoms with E-state index in [1.165, 1.54) is 11.0 Å². The molecule has 0 atom stereocenters. The van der Waals surface area contributed by atoms with Crippen LogP contribution in [-0.2, 0) is 43.5 Å². The first-order valence-electron chi connectivity index (χ1n) is 13.1. The molecule has 3 aromatic rings. The van der Waals surface area contributed by atoms with Crippen molar-refractivity contribution < 1.29 is 22.7 Å². The predicted molar refractivity (Wildman–Crippen MR) is 136 cm³/mol. The minimum atomic E-state index is -4.54. The molecular weight excluding hydrogens is 495 g/mol. The van der Waals surface area contributed by atoms with Crippen LogP contribution >= 0.6 is 0 Å². The number of hydrogen-bond donors (Lipinski definition) is 1. The van der Waals surface area contributed by atoms with E-state index in [1.54, 1.807) is 24.0 Å². The molecule has 7 nitrogen and oxygen atoms in total. The zero-order valence-electron chi connectivity index (χ0n) is 21.8. The molecule has 2 saturated carbocycles. The Hall–Kier alpha value is -3.11. The largest absolute Gasteiger partial charge is 0.416 e. The standard InChI is InChI=1S/C28H32F3N5O2/c1-34-26(33-35(34)2)27(12-21(13-27)38-3)19-5-4-6-20(11-19)36-16-23-22(25(36)37)9-18(10-24(23)28(29,30)31)15-32-14-17-7-8-17/h4-6,9-11,17,21,32H,7-8,12-16H2,1-3H3. The van der Waals surface area contributed by atoms with Crippen molar-refractivity contribution in [3.63, 3.8) is 0 Å². The van der Waals surface area contributed by atoms with E-state index < -0.39 is 17.6 Å². The van der Waals surface area contributed by atoms with E-state index in [4.69, 9.17) is 4.74 Å². The van der Waals surface area contributed by atoms with Crippen molar-refractivity contribution in [1.82, 2.24) is 19.9 Å². The van der Waals surface area contributed by atoms with Gasteiger partial charge in [0.2, 0.25) is 0 Å². The highest BCUT2D eigenvalue weighted by Crippen LogP contribution is 2.50. The average Bonchev–Trinajstić information content (AvgIpc) is 3.64. The van der Waals surface area contributed by atoms with Crippen molar-refractivity contribution >= 4 is 11.6 Å². The number of hydrogen-bond acceptors (Lipinski definition) is 4. The highest BCUT2D eigenvalue weighted by molar-refractivity contribution is 6.10. The number of methoxy groups -OCH3 is 1. The van der Waals surface area contributed by atoms with Crippen LogP contribution < -0.4 is 10.2 Å². The Morgan fingerprint density at radius 2 is 1.92 bits per heavy atom. The van der Waals surface area contributed by atoms with Crippen LogP contribution in [0.4, 0.5) is 18.9 Å². The molecule has 0 unspecified atom stereocenters. The van der Waals surface area contributed by atoms with E-state index >= 15 is 0 Å². The van der Waals surface area contributed by atoms with E-state index in [1.807, 2.05) is 37.0 Å². The molecule has 0 bridgehead atoms. The quantitative estimate of drug-likeness (QED) is 0.468. The second kappa shape index (κ2) is 8.98.